The number of nitrogens with two attached hydrogens (primary N) is 1. The first-order valence-corrected chi connectivity index (χ1v) is 6.80. The Balaban J connectivity index is 1.89. The maximum absolute atomic E-state index is 10.8. The highest BCUT2D eigenvalue weighted by Gasteiger charge is 2.48. The maximum atomic E-state index is 10.8. The number of hydrogen-bond acceptors (Lipinski definition) is 4. The zero-order valence-electron chi connectivity index (χ0n) is 8.70. The third-order valence-corrected chi connectivity index (χ3v) is 3.76. The number of nitrogens with zero attached hydrogens (tertiary/aromatic N) is 1. The third-order valence-electron chi connectivity index (χ3n) is 3.22. The Morgan fingerprint density at radius 1 is 1.33 bits per heavy atom. The van der Waals surface area contributed by atoms with E-state index in [2.05, 4.69) is 14.9 Å². The predicted octanol–water partition coefficient (Wildman–Crippen LogP) is -1.78. The molecule has 7 heteroatoms. The summed E-state index contributed by atoms with van der Waals surface area (Å²) >= 11 is 0. The molecule has 0 amide bonds. The van der Waals surface area contributed by atoms with E-state index in [1.165, 1.54) is 0 Å². The second-order valence-electron chi connectivity index (χ2n) is 4.33. The SMILES string of the molecule is NS(=O)(=O)NCC1(N2CCNCC2)CC1. The lowest BCUT2D eigenvalue weighted by molar-refractivity contribution is 0.157. The molecule has 1 heterocycles. The molecule has 4 N–H and O–H groups in total. The van der Waals surface area contributed by atoms with Crippen LogP contribution in [0.25, 0.3) is 0 Å². The van der Waals surface area contributed by atoms with E-state index in [9.17, 15) is 8.42 Å². The molecular formula is C8H18N4O2S. The second kappa shape index (κ2) is 3.99. The quantitative estimate of drug-likeness (QED) is 0.536. The van der Waals surface area contributed by atoms with Crippen LogP contribution in [0.4, 0.5) is 0 Å². The smallest absolute Gasteiger partial charge is 0.274 e. The zero-order chi connectivity index (χ0) is 10.9. The molecule has 0 aromatic carbocycles. The lowest BCUT2D eigenvalue weighted by Crippen LogP contribution is -2.54. The van der Waals surface area contributed by atoms with Crippen LogP contribution in [0.2, 0.25) is 0 Å². The van der Waals surface area contributed by atoms with Gasteiger partial charge in [-0.2, -0.15) is 8.42 Å². The van der Waals surface area contributed by atoms with Gasteiger partial charge in [-0.3, -0.25) is 4.90 Å². The number of nitrogens with one attached hydrogen (secondary N) is 2. The van der Waals surface area contributed by atoms with Gasteiger partial charge in [-0.05, 0) is 12.8 Å². The molecule has 1 saturated heterocycles. The summed E-state index contributed by atoms with van der Waals surface area (Å²) in [7, 11) is -3.55. The van der Waals surface area contributed by atoms with Gasteiger partial charge in [0, 0.05) is 38.3 Å². The Hall–Kier alpha value is -0.210. The van der Waals surface area contributed by atoms with E-state index in [-0.39, 0.29) is 5.54 Å². The van der Waals surface area contributed by atoms with Crippen LogP contribution in [0.1, 0.15) is 12.8 Å². The first kappa shape index (κ1) is 11.3. The normalized spacial score (nSPS) is 26.5. The molecule has 0 aromatic heterocycles. The highest BCUT2D eigenvalue weighted by atomic mass is 32.2. The van der Waals surface area contributed by atoms with Gasteiger partial charge in [0.2, 0.25) is 0 Å². The molecule has 0 radical (unpaired) electrons. The van der Waals surface area contributed by atoms with Gasteiger partial charge in [0.05, 0.1) is 0 Å². The van der Waals surface area contributed by atoms with Crippen LogP contribution in [0, 0.1) is 0 Å². The molecule has 1 aliphatic heterocycles. The maximum Gasteiger partial charge on any atom is 0.274 e. The lowest BCUT2D eigenvalue weighted by Gasteiger charge is -2.35. The molecule has 2 aliphatic rings. The first-order chi connectivity index (χ1) is 7.02. The molecule has 0 aromatic rings. The van der Waals surface area contributed by atoms with Crippen molar-refractivity contribution in [2.24, 2.45) is 5.14 Å². The number of piperazine rings is 1. The van der Waals surface area contributed by atoms with Crippen molar-refractivity contribution in [3.8, 4) is 0 Å². The molecule has 0 spiro atoms. The summed E-state index contributed by atoms with van der Waals surface area (Å²) in [5, 5.41) is 8.21. The van der Waals surface area contributed by atoms with E-state index in [1.54, 1.807) is 0 Å². The minimum Gasteiger partial charge on any atom is -0.314 e. The highest BCUT2D eigenvalue weighted by molar-refractivity contribution is 7.87. The summed E-state index contributed by atoms with van der Waals surface area (Å²) in [6.07, 6.45) is 2.13. The van der Waals surface area contributed by atoms with Crippen molar-refractivity contribution in [3.05, 3.63) is 0 Å². The van der Waals surface area contributed by atoms with Gasteiger partial charge in [0.1, 0.15) is 0 Å². The van der Waals surface area contributed by atoms with Crippen LogP contribution in [0.15, 0.2) is 0 Å². The second-order valence-corrected chi connectivity index (χ2v) is 5.71. The molecule has 6 nitrogen and oxygen atoms in total. The summed E-state index contributed by atoms with van der Waals surface area (Å²) in [5.74, 6) is 0. The van der Waals surface area contributed by atoms with Gasteiger partial charge in [-0.25, -0.2) is 9.86 Å². The van der Waals surface area contributed by atoms with Crippen LogP contribution in [0.5, 0.6) is 0 Å². The first-order valence-electron chi connectivity index (χ1n) is 5.25. The third kappa shape index (κ3) is 2.88. The Labute approximate surface area is 90.4 Å². The standard InChI is InChI=1S/C8H18N4O2S/c9-15(13,14)11-7-8(1-2-8)12-5-3-10-4-6-12/h10-11H,1-7H2,(H2,9,13,14). The predicted molar refractivity (Wildman–Crippen MR) is 57.5 cm³/mol. The van der Waals surface area contributed by atoms with Crippen LogP contribution in [-0.4, -0.2) is 51.6 Å². The van der Waals surface area contributed by atoms with Gasteiger partial charge in [-0.1, -0.05) is 0 Å². The Morgan fingerprint density at radius 3 is 2.40 bits per heavy atom. The molecule has 15 heavy (non-hydrogen) atoms. The average molecular weight is 234 g/mol. The van der Waals surface area contributed by atoms with E-state index in [0.717, 1.165) is 39.0 Å². The van der Waals surface area contributed by atoms with Gasteiger partial charge < -0.3 is 5.32 Å². The minimum atomic E-state index is -3.55. The average Bonchev–Trinajstić information content (AvgIpc) is 2.96. The molecule has 0 atom stereocenters. The summed E-state index contributed by atoms with van der Waals surface area (Å²) in [4.78, 5) is 2.36. The molecular weight excluding hydrogens is 216 g/mol. The number of hydrogen-bond donors (Lipinski definition) is 3. The van der Waals surface area contributed by atoms with Crippen molar-refractivity contribution in [2.45, 2.75) is 18.4 Å². The Morgan fingerprint density at radius 2 is 1.93 bits per heavy atom. The summed E-state index contributed by atoms with van der Waals surface area (Å²) in [6, 6.07) is 0. The van der Waals surface area contributed by atoms with Crippen molar-refractivity contribution in [3.63, 3.8) is 0 Å². The molecule has 88 valence electrons. The van der Waals surface area contributed by atoms with Gasteiger partial charge >= 0.3 is 0 Å². The van der Waals surface area contributed by atoms with Crippen LogP contribution >= 0.6 is 0 Å². The van der Waals surface area contributed by atoms with Crippen molar-refractivity contribution in [2.75, 3.05) is 32.7 Å². The molecule has 0 bridgehead atoms. The van der Waals surface area contributed by atoms with Crippen molar-refractivity contribution in [1.29, 1.82) is 0 Å². The van der Waals surface area contributed by atoms with Crippen LogP contribution < -0.4 is 15.2 Å². The van der Waals surface area contributed by atoms with E-state index in [4.69, 9.17) is 5.14 Å². The molecule has 1 aliphatic carbocycles. The van der Waals surface area contributed by atoms with Gasteiger partial charge in [-0.15, -0.1) is 0 Å². The monoisotopic (exact) mass is 234 g/mol. The molecule has 2 fully saturated rings. The van der Waals surface area contributed by atoms with Crippen LogP contribution in [0.3, 0.4) is 0 Å². The molecule has 0 unspecified atom stereocenters. The number of rotatable bonds is 4. The fraction of sp³-hybridized carbons (Fsp3) is 1.00. The van der Waals surface area contributed by atoms with E-state index < -0.39 is 10.2 Å². The van der Waals surface area contributed by atoms with Gasteiger partial charge in [0.25, 0.3) is 10.2 Å². The highest BCUT2D eigenvalue weighted by Crippen LogP contribution is 2.41. The fourth-order valence-electron chi connectivity index (χ4n) is 2.12. The summed E-state index contributed by atoms with van der Waals surface area (Å²) in [5.41, 5.74) is 0.0501. The van der Waals surface area contributed by atoms with E-state index in [1.807, 2.05) is 0 Å². The fourth-order valence-corrected chi connectivity index (χ4v) is 2.59. The summed E-state index contributed by atoms with van der Waals surface area (Å²) in [6.45, 7) is 4.40. The zero-order valence-corrected chi connectivity index (χ0v) is 9.52. The lowest BCUT2D eigenvalue weighted by atomic mass is 10.2. The molecule has 1 saturated carbocycles. The Bertz CT molecular complexity index is 320. The minimum absolute atomic E-state index is 0.0501. The van der Waals surface area contributed by atoms with Crippen molar-refractivity contribution in [1.82, 2.24) is 14.9 Å². The summed E-state index contributed by atoms with van der Waals surface area (Å²) < 4.78 is 24.1. The van der Waals surface area contributed by atoms with Gasteiger partial charge in [0.15, 0.2) is 0 Å². The Kier molecular flexibility index (Phi) is 3.00. The topological polar surface area (TPSA) is 87.5 Å². The van der Waals surface area contributed by atoms with E-state index >= 15 is 0 Å². The van der Waals surface area contributed by atoms with E-state index in [0.29, 0.717) is 6.54 Å². The van der Waals surface area contributed by atoms with Crippen molar-refractivity contribution < 1.29 is 8.42 Å². The molecule has 2 rings (SSSR count). The largest absolute Gasteiger partial charge is 0.314 e. The van der Waals surface area contributed by atoms with Crippen molar-refractivity contribution >= 4 is 10.2 Å². The van der Waals surface area contributed by atoms with Crippen LogP contribution in [-0.2, 0) is 10.2 Å².